The lowest BCUT2D eigenvalue weighted by molar-refractivity contribution is -0.116. The van der Waals surface area contributed by atoms with Crippen LogP contribution in [0.4, 0.5) is 21.5 Å². The normalized spacial score (nSPS) is 16.4. The Kier molecular flexibility index (Phi) is 6.07. The van der Waals surface area contributed by atoms with Crippen LogP contribution in [0.15, 0.2) is 42.5 Å². The molecule has 26 heavy (non-hydrogen) atoms. The van der Waals surface area contributed by atoms with Crippen LogP contribution < -0.4 is 16.4 Å². The van der Waals surface area contributed by atoms with E-state index in [0.717, 1.165) is 25.0 Å². The number of carbonyl (C=O) groups is 1. The molecule has 1 amide bonds. The second-order valence-corrected chi connectivity index (χ2v) is 6.46. The quantitative estimate of drug-likeness (QED) is 0.662. The van der Waals surface area contributed by atoms with Crippen LogP contribution in [0.5, 0.6) is 0 Å². The number of hydrogen-bond acceptors (Lipinski definition) is 4. The number of carbonyl (C=O) groups excluding carboxylic acids is 1. The Labute approximate surface area is 152 Å². The highest BCUT2D eigenvalue weighted by Crippen LogP contribution is 2.21. The third-order valence-electron chi connectivity index (χ3n) is 4.47. The van der Waals surface area contributed by atoms with Crippen LogP contribution in [0.3, 0.4) is 0 Å². The number of benzene rings is 2. The SMILES string of the molecule is Nc1ccccc1CCC(=O)Nc1ccc(NCC2CCCO2)c(F)c1. The molecule has 4 N–H and O–H groups in total. The van der Waals surface area contributed by atoms with Gasteiger partial charge in [0.05, 0.1) is 11.8 Å². The molecule has 0 saturated carbocycles. The summed E-state index contributed by atoms with van der Waals surface area (Å²) < 4.78 is 19.7. The topological polar surface area (TPSA) is 76.4 Å². The van der Waals surface area contributed by atoms with E-state index in [2.05, 4.69) is 10.6 Å². The Balaban J connectivity index is 1.50. The van der Waals surface area contributed by atoms with Crippen molar-refractivity contribution in [1.29, 1.82) is 0 Å². The first-order valence-corrected chi connectivity index (χ1v) is 8.90. The predicted molar refractivity (Wildman–Crippen MR) is 102 cm³/mol. The van der Waals surface area contributed by atoms with Gasteiger partial charge in [0.2, 0.25) is 5.91 Å². The van der Waals surface area contributed by atoms with Gasteiger partial charge < -0.3 is 21.1 Å². The van der Waals surface area contributed by atoms with Gasteiger partial charge in [0, 0.05) is 30.9 Å². The molecule has 5 nitrogen and oxygen atoms in total. The minimum absolute atomic E-state index is 0.138. The maximum absolute atomic E-state index is 14.2. The molecule has 1 unspecified atom stereocenters. The van der Waals surface area contributed by atoms with Crippen molar-refractivity contribution in [3.05, 3.63) is 53.8 Å². The number of nitrogens with one attached hydrogen (secondary N) is 2. The molecule has 6 heteroatoms. The van der Waals surface area contributed by atoms with Gasteiger partial charge in [-0.15, -0.1) is 0 Å². The molecule has 2 aromatic carbocycles. The summed E-state index contributed by atoms with van der Waals surface area (Å²) in [6.45, 7) is 1.36. The van der Waals surface area contributed by atoms with Crippen LogP contribution >= 0.6 is 0 Å². The summed E-state index contributed by atoms with van der Waals surface area (Å²) >= 11 is 0. The van der Waals surface area contributed by atoms with Gasteiger partial charge in [-0.1, -0.05) is 18.2 Å². The molecule has 0 bridgehead atoms. The third-order valence-corrected chi connectivity index (χ3v) is 4.47. The number of ether oxygens (including phenoxy) is 1. The lowest BCUT2D eigenvalue weighted by Crippen LogP contribution is -2.19. The fraction of sp³-hybridized carbons (Fsp3) is 0.350. The highest BCUT2D eigenvalue weighted by atomic mass is 19.1. The summed E-state index contributed by atoms with van der Waals surface area (Å²) in [5.74, 6) is -0.569. The second-order valence-electron chi connectivity index (χ2n) is 6.46. The molecule has 2 aromatic rings. The van der Waals surface area contributed by atoms with Crippen molar-refractivity contribution in [2.45, 2.75) is 31.8 Å². The van der Waals surface area contributed by atoms with E-state index in [1.165, 1.54) is 6.07 Å². The number of nitrogens with two attached hydrogens (primary N) is 1. The molecule has 138 valence electrons. The molecule has 1 aliphatic rings. The van der Waals surface area contributed by atoms with Crippen LogP contribution in [-0.2, 0) is 16.0 Å². The summed E-state index contributed by atoms with van der Waals surface area (Å²) in [4.78, 5) is 12.1. The highest BCUT2D eigenvalue weighted by Gasteiger charge is 2.15. The first-order chi connectivity index (χ1) is 12.6. The van der Waals surface area contributed by atoms with Crippen LogP contribution in [-0.4, -0.2) is 25.2 Å². The Morgan fingerprint density at radius 3 is 2.85 bits per heavy atom. The largest absolute Gasteiger partial charge is 0.399 e. The molecule has 3 rings (SSSR count). The minimum atomic E-state index is -0.395. The van der Waals surface area contributed by atoms with Crippen molar-refractivity contribution in [3.8, 4) is 0 Å². The highest BCUT2D eigenvalue weighted by molar-refractivity contribution is 5.91. The van der Waals surface area contributed by atoms with Crippen molar-refractivity contribution in [1.82, 2.24) is 0 Å². The lowest BCUT2D eigenvalue weighted by atomic mass is 10.1. The third kappa shape index (κ3) is 4.95. The zero-order valence-corrected chi connectivity index (χ0v) is 14.6. The Morgan fingerprint density at radius 2 is 2.12 bits per heavy atom. The van der Waals surface area contributed by atoms with E-state index >= 15 is 0 Å². The van der Waals surface area contributed by atoms with Crippen LogP contribution in [0, 0.1) is 5.82 Å². The monoisotopic (exact) mass is 357 g/mol. The fourth-order valence-electron chi connectivity index (χ4n) is 3.00. The lowest BCUT2D eigenvalue weighted by Gasteiger charge is -2.13. The van der Waals surface area contributed by atoms with Gasteiger partial charge in [-0.3, -0.25) is 4.79 Å². The summed E-state index contributed by atoms with van der Waals surface area (Å²) in [6, 6.07) is 12.1. The van der Waals surface area contributed by atoms with Crippen molar-refractivity contribution in [2.24, 2.45) is 0 Å². The van der Waals surface area contributed by atoms with E-state index in [4.69, 9.17) is 10.5 Å². The first-order valence-electron chi connectivity index (χ1n) is 8.90. The average molecular weight is 357 g/mol. The van der Waals surface area contributed by atoms with Gasteiger partial charge in [-0.25, -0.2) is 4.39 Å². The second kappa shape index (κ2) is 8.67. The fourth-order valence-corrected chi connectivity index (χ4v) is 3.00. The van der Waals surface area contributed by atoms with Gasteiger partial charge in [0.15, 0.2) is 0 Å². The number of anilines is 3. The van der Waals surface area contributed by atoms with Crippen LogP contribution in [0.25, 0.3) is 0 Å². The van der Waals surface area contributed by atoms with Gasteiger partial charge in [0.25, 0.3) is 0 Å². The number of nitrogen functional groups attached to an aromatic ring is 1. The smallest absolute Gasteiger partial charge is 0.224 e. The molecule has 0 spiro atoms. The molecular weight excluding hydrogens is 333 g/mol. The molecule has 0 radical (unpaired) electrons. The van der Waals surface area contributed by atoms with Gasteiger partial charge in [-0.05, 0) is 49.1 Å². The van der Waals surface area contributed by atoms with Gasteiger partial charge in [0.1, 0.15) is 5.82 Å². The maximum Gasteiger partial charge on any atom is 0.224 e. The molecule has 1 aliphatic heterocycles. The number of halogens is 1. The number of rotatable bonds is 7. The number of amides is 1. The Hall–Kier alpha value is -2.60. The Morgan fingerprint density at radius 1 is 1.27 bits per heavy atom. The number of hydrogen-bond donors (Lipinski definition) is 3. The van der Waals surface area contributed by atoms with E-state index in [1.807, 2.05) is 24.3 Å². The molecule has 0 aliphatic carbocycles. The minimum Gasteiger partial charge on any atom is -0.399 e. The first kappa shape index (κ1) is 18.2. The van der Waals surface area contributed by atoms with Crippen LogP contribution in [0.1, 0.15) is 24.8 Å². The van der Waals surface area contributed by atoms with E-state index in [0.29, 0.717) is 30.0 Å². The molecule has 0 aromatic heterocycles. The number of aryl methyl sites for hydroxylation is 1. The summed E-state index contributed by atoms with van der Waals surface area (Å²) in [7, 11) is 0. The van der Waals surface area contributed by atoms with Crippen molar-refractivity contribution < 1.29 is 13.9 Å². The number of para-hydroxylation sites is 1. The molecule has 1 heterocycles. The zero-order valence-electron chi connectivity index (χ0n) is 14.6. The standard InChI is InChI=1S/C20H24FN3O2/c21-17-12-15(8-9-19(17)23-13-16-5-3-11-26-16)24-20(25)10-7-14-4-1-2-6-18(14)22/h1-2,4,6,8-9,12,16,23H,3,5,7,10-11,13,22H2,(H,24,25). The predicted octanol–water partition coefficient (Wildman–Crippen LogP) is 3.57. The summed E-state index contributed by atoms with van der Waals surface area (Å²) in [5, 5.41) is 5.79. The van der Waals surface area contributed by atoms with E-state index in [9.17, 15) is 9.18 Å². The maximum atomic E-state index is 14.2. The molecule has 1 atom stereocenters. The van der Waals surface area contributed by atoms with E-state index < -0.39 is 5.82 Å². The van der Waals surface area contributed by atoms with Crippen molar-refractivity contribution >= 4 is 23.0 Å². The van der Waals surface area contributed by atoms with Gasteiger partial charge in [-0.2, -0.15) is 0 Å². The average Bonchev–Trinajstić information content (AvgIpc) is 3.14. The molecular formula is C20H24FN3O2. The van der Waals surface area contributed by atoms with E-state index in [1.54, 1.807) is 12.1 Å². The van der Waals surface area contributed by atoms with Crippen LogP contribution in [0.2, 0.25) is 0 Å². The van der Waals surface area contributed by atoms with E-state index in [-0.39, 0.29) is 18.4 Å². The molecule has 1 fully saturated rings. The summed E-state index contributed by atoms with van der Waals surface area (Å²) in [5.41, 5.74) is 8.33. The van der Waals surface area contributed by atoms with Crippen molar-refractivity contribution in [2.75, 3.05) is 29.5 Å². The summed E-state index contributed by atoms with van der Waals surface area (Å²) in [6.07, 6.45) is 3.01. The molecule has 1 saturated heterocycles. The van der Waals surface area contributed by atoms with Crippen molar-refractivity contribution in [3.63, 3.8) is 0 Å². The zero-order chi connectivity index (χ0) is 18.4. The Bertz CT molecular complexity index is 760. The van der Waals surface area contributed by atoms with Gasteiger partial charge >= 0.3 is 0 Å².